The van der Waals surface area contributed by atoms with E-state index in [2.05, 4.69) is 62.7 Å². The highest BCUT2D eigenvalue weighted by molar-refractivity contribution is 5.69. The van der Waals surface area contributed by atoms with E-state index in [9.17, 15) is 0 Å². The van der Waals surface area contributed by atoms with E-state index in [1.807, 2.05) is 12.1 Å². The molecule has 0 aliphatic carbocycles. The van der Waals surface area contributed by atoms with Crippen LogP contribution in [-0.2, 0) is 17.8 Å². The third kappa shape index (κ3) is 4.03. The van der Waals surface area contributed by atoms with Crippen LogP contribution in [0.2, 0.25) is 0 Å². The number of anilines is 3. The maximum Gasteiger partial charge on any atom is 0.229 e. The highest BCUT2D eigenvalue weighted by Gasteiger charge is 2.39. The van der Waals surface area contributed by atoms with Gasteiger partial charge < -0.3 is 19.3 Å². The minimum absolute atomic E-state index is 0.236. The molecule has 176 valence electrons. The van der Waals surface area contributed by atoms with Gasteiger partial charge >= 0.3 is 0 Å². The number of hydrogen-bond acceptors (Lipinski definition) is 8. The summed E-state index contributed by atoms with van der Waals surface area (Å²) in [5.74, 6) is 3.71. The summed E-state index contributed by atoms with van der Waals surface area (Å²) in [6.45, 7) is 5.55. The third-order valence-corrected chi connectivity index (χ3v) is 6.81. The van der Waals surface area contributed by atoms with Crippen molar-refractivity contribution in [1.82, 2.24) is 15.4 Å². The summed E-state index contributed by atoms with van der Waals surface area (Å²) in [7, 11) is 1.70. The summed E-state index contributed by atoms with van der Waals surface area (Å²) in [6.07, 6.45) is 1.02. The van der Waals surface area contributed by atoms with Crippen molar-refractivity contribution in [1.29, 1.82) is 0 Å². The number of methoxy groups -OCH3 is 1. The molecule has 2 aromatic carbocycles. The van der Waals surface area contributed by atoms with Crippen molar-refractivity contribution < 1.29 is 9.47 Å². The van der Waals surface area contributed by atoms with E-state index in [0.717, 1.165) is 62.5 Å². The lowest BCUT2D eigenvalue weighted by atomic mass is 10.0. The minimum atomic E-state index is 0.236. The summed E-state index contributed by atoms with van der Waals surface area (Å²) in [5.41, 5.74) is 7.43. The van der Waals surface area contributed by atoms with Gasteiger partial charge in [-0.1, -0.05) is 42.5 Å². The van der Waals surface area contributed by atoms with Crippen LogP contribution in [0.15, 0.2) is 54.6 Å². The lowest BCUT2D eigenvalue weighted by Crippen LogP contribution is -2.38. The van der Waals surface area contributed by atoms with Gasteiger partial charge in [0.1, 0.15) is 11.6 Å². The van der Waals surface area contributed by atoms with Crippen molar-refractivity contribution in [2.75, 3.05) is 54.8 Å². The van der Waals surface area contributed by atoms with Gasteiger partial charge in [-0.2, -0.15) is 9.97 Å². The quantitative estimate of drug-likeness (QED) is 0.604. The molecular weight excluding hydrogens is 428 g/mol. The van der Waals surface area contributed by atoms with Gasteiger partial charge in [-0.15, -0.1) is 0 Å². The zero-order valence-electron chi connectivity index (χ0n) is 19.5. The van der Waals surface area contributed by atoms with E-state index in [1.54, 1.807) is 7.11 Å². The van der Waals surface area contributed by atoms with E-state index >= 15 is 0 Å². The summed E-state index contributed by atoms with van der Waals surface area (Å²) in [5, 5.41) is 2.21. The molecular formula is C26H30N6O2. The monoisotopic (exact) mass is 458 g/mol. The van der Waals surface area contributed by atoms with Gasteiger partial charge in [-0.05, 0) is 29.7 Å². The fourth-order valence-corrected chi connectivity index (χ4v) is 5.00. The van der Waals surface area contributed by atoms with Crippen LogP contribution in [0.3, 0.4) is 0 Å². The Hall–Kier alpha value is -3.36. The maximum absolute atomic E-state index is 5.58. The molecule has 3 aromatic rings. The molecule has 4 heterocycles. The van der Waals surface area contributed by atoms with E-state index in [0.29, 0.717) is 13.2 Å². The van der Waals surface area contributed by atoms with Crippen LogP contribution in [0, 0.1) is 0 Å². The molecule has 1 fully saturated rings. The van der Waals surface area contributed by atoms with Gasteiger partial charge in [0.15, 0.2) is 5.82 Å². The van der Waals surface area contributed by atoms with Crippen molar-refractivity contribution in [2.45, 2.75) is 25.6 Å². The first-order chi connectivity index (χ1) is 16.8. The molecule has 0 bridgehead atoms. The van der Waals surface area contributed by atoms with Gasteiger partial charge in [0.05, 0.1) is 38.5 Å². The molecule has 34 heavy (non-hydrogen) atoms. The standard InChI is InChI=1S/C26H30N6O2/c1-33-21-9-7-20(8-10-21)17-31-12-11-22-23-24(31)27-26(30-13-15-34-16-14-30)28-25(23)32(29-22)18-19-5-3-2-4-6-19/h2-10,22,29H,11-18H2,1H3. The molecule has 3 aliphatic heterocycles. The first-order valence-corrected chi connectivity index (χ1v) is 12.0. The molecule has 3 aliphatic rings. The zero-order chi connectivity index (χ0) is 22.9. The second-order valence-electron chi connectivity index (χ2n) is 9.00. The Bertz CT molecular complexity index is 1130. The van der Waals surface area contributed by atoms with Crippen molar-refractivity contribution in [3.63, 3.8) is 0 Å². The Labute approximate surface area is 200 Å². The summed E-state index contributed by atoms with van der Waals surface area (Å²) >= 11 is 0. The zero-order valence-corrected chi connectivity index (χ0v) is 19.5. The maximum atomic E-state index is 5.58. The molecule has 0 radical (unpaired) electrons. The number of hydrazine groups is 1. The topological polar surface area (TPSA) is 66.0 Å². The van der Waals surface area contributed by atoms with Crippen molar-refractivity contribution in [2.24, 2.45) is 0 Å². The smallest absolute Gasteiger partial charge is 0.229 e. The Kier molecular flexibility index (Phi) is 5.68. The number of nitrogens with zero attached hydrogens (tertiary/aromatic N) is 5. The minimum Gasteiger partial charge on any atom is -0.497 e. The molecule has 0 saturated carbocycles. The molecule has 1 unspecified atom stereocenters. The molecule has 0 amide bonds. The number of hydrogen-bond donors (Lipinski definition) is 1. The highest BCUT2D eigenvalue weighted by atomic mass is 16.5. The van der Waals surface area contributed by atoms with Gasteiger partial charge in [0.25, 0.3) is 0 Å². The molecule has 0 spiro atoms. The molecule has 1 atom stereocenters. The average Bonchev–Trinajstić information content (AvgIpc) is 3.25. The second kappa shape index (κ2) is 9.12. The van der Waals surface area contributed by atoms with E-state index < -0.39 is 0 Å². The van der Waals surface area contributed by atoms with Gasteiger partial charge in [-0.25, -0.2) is 5.43 Å². The third-order valence-electron chi connectivity index (χ3n) is 6.81. The van der Waals surface area contributed by atoms with Crippen molar-refractivity contribution in [3.05, 3.63) is 71.3 Å². The number of morpholine rings is 1. The number of aromatic nitrogens is 2. The fraction of sp³-hybridized carbons (Fsp3) is 0.385. The van der Waals surface area contributed by atoms with Crippen LogP contribution in [0.4, 0.5) is 17.6 Å². The van der Waals surface area contributed by atoms with Crippen LogP contribution < -0.4 is 25.0 Å². The Balaban J connectivity index is 1.37. The molecule has 6 rings (SSSR count). The number of benzene rings is 2. The van der Waals surface area contributed by atoms with Crippen LogP contribution in [0.25, 0.3) is 0 Å². The predicted octanol–water partition coefficient (Wildman–Crippen LogP) is 3.30. The SMILES string of the molecule is COc1ccc(CN2CCC3NN(Cc4ccccc4)c4nc(N5CCOCC5)nc2c43)cc1. The summed E-state index contributed by atoms with van der Waals surface area (Å²) < 4.78 is 10.9. The first-order valence-electron chi connectivity index (χ1n) is 12.0. The molecule has 1 saturated heterocycles. The molecule has 1 aromatic heterocycles. The Morgan fingerprint density at radius 1 is 0.912 bits per heavy atom. The molecule has 8 heteroatoms. The molecule has 8 nitrogen and oxygen atoms in total. The summed E-state index contributed by atoms with van der Waals surface area (Å²) in [6, 6.07) is 19.1. The second-order valence-corrected chi connectivity index (χ2v) is 9.00. The summed E-state index contributed by atoms with van der Waals surface area (Å²) in [4.78, 5) is 14.9. The largest absolute Gasteiger partial charge is 0.497 e. The first kappa shape index (κ1) is 21.2. The molecule has 1 N–H and O–H groups in total. The van der Waals surface area contributed by atoms with Crippen molar-refractivity contribution >= 4 is 17.6 Å². The number of nitrogens with one attached hydrogen (secondary N) is 1. The lowest BCUT2D eigenvalue weighted by Gasteiger charge is -2.34. The van der Waals surface area contributed by atoms with Crippen molar-refractivity contribution in [3.8, 4) is 5.75 Å². The van der Waals surface area contributed by atoms with Crippen LogP contribution in [0.1, 0.15) is 29.2 Å². The van der Waals surface area contributed by atoms with E-state index in [4.69, 9.17) is 19.4 Å². The van der Waals surface area contributed by atoms with Crippen LogP contribution in [0.5, 0.6) is 5.75 Å². The van der Waals surface area contributed by atoms with Crippen LogP contribution >= 0.6 is 0 Å². The Morgan fingerprint density at radius 2 is 1.65 bits per heavy atom. The fourth-order valence-electron chi connectivity index (χ4n) is 5.00. The average molecular weight is 459 g/mol. The number of ether oxygens (including phenoxy) is 2. The van der Waals surface area contributed by atoms with Gasteiger partial charge in [0, 0.05) is 26.2 Å². The predicted molar refractivity (Wildman–Crippen MR) is 132 cm³/mol. The van der Waals surface area contributed by atoms with Gasteiger partial charge in [-0.3, -0.25) is 5.01 Å². The Morgan fingerprint density at radius 3 is 2.41 bits per heavy atom. The number of rotatable bonds is 6. The van der Waals surface area contributed by atoms with E-state index in [-0.39, 0.29) is 6.04 Å². The van der Waals surface area contributed by atoms with Crippen LogP contribution in [-0.4, -0.2) is 49.9 Å². The highest BCUT2D eigenvalue weighted by Crippen LogP contribution is 2.44. The lowest BCUT2D eigenvalue weighted by molar-refractivity contribution is 0.122. The van der Waals surface area contributed by atoms with E-state index in [1.165, 1.54) is 16.7 Å². The van der Waals surface area contributed by atoms with Gasteiger partial charge in [0.2, 0.25) is 5.95 Å². The normalized spacial score (nSPS) is 19.3.